The lowest BCUT2D eigenvalue weighted by atomic mass is 10.2. The van der Waals surface area contributed by atoms with Gasteiger partial charge in [-0.25, -0.2) is 28.7 Å². The zero-order chi connectivity index (χ0) is 47.9. The normalized spacial score (nSPS) is 19.0. The Morgan fingerprint density at radius 2 is 1.02 bits per heavy atom. The summed E-state index contributed by atoms with van der Waals surface area (Å²) in [5.74, 6) is 1.23. The topological polar surface area (TPSA) is 157 Å². The van der Waals surface area contributed by atoms with Crippen molar-refractivity contribution >= 4 is 73.6 Å². The SMILES string of the molecule is CC(C)(C)OC(=O)N1CCC[C@H]1c1[nH]c2ccc(N3CC(=O)N(c4ccc5[nH]c([C@@H]6CCCN6C(=O)OC(C)(C)C)[n+](COCC[Si](C)(C)C)c5c4)CC3=O)cc2[n+]1COCC[Si](C)(C)C. The minimum absolute atomic E-state index is 0.146. The van der Waals surface area contributed by atoms with Crippen molar-refractivity contribution in [3.63, 3.8) is 0 Å². The monoisotopic (exact) mass is 947 g/mol. The second-order valence-corrected chi connectivity index (χ2v) is 33.8. The second-order valence-electron chi connectivity index (χ2n) is 22.6. The number of hydrogen-bond donors (Lipinski definition) is 2. The van der Waals surface area contributed by atoms with Gasteiger partial charge >= 0.3 is 12.2 Å². The number of fused-ring (bicyclic) bond motifs is 2. The first-order valence-corrected chi connectivity index (χ1v) is 31.1. The van der Waals surface area contributed by atoms with E-state index in [0.717, 1.165) is 71.5 Å². The fraction of sp³-hybridized carbons (Fsp3) is 0.625. The number of piperazine rings is 1. The summed E-state index contributed by atoms with van der Waals surface area (Å²) in [6.45, 7) is 27.7. The van der Waals surface area contributed by atoms with Crippen LogP contribution in [0.5, 0.6) is 0 Å². The first-order valence-electron chi connectivity index (χ1n) is 23.7. The number of amides is 4. The summed E-state index contributed by atoms with van der Waals surface area (Å²) in [6.07, 6.45) is 2.48. The highest BCUT2D eigenvalue weighted by molar-refractivity contribution is 6.76. The van der Waals surface area contributed by atoms with Crippen LogP contribution < -0.4 is 18.9 Å². The molecule has 3 saturated heterocycles. The van der Waals surface area contributed by atoms with Crippen LogP contribution in [0.25, 0.3) is 22.1 Å². The van der Waals surface area contributed by atoms with Gasteiger partial charge in [0.15, 0.2) is 35.5 Å². The van der Waals surface area contributed by atoms with E-state index >= 15 is 0 Å². The minimum Gasteiger partial charge on any atom is -0.444 e. The van der Waals surface area contributed by atoms with Crippen molar-refractivity contribution in [1.82, 2.24) is 19.8 Å². The van der Waals surface area contributed by atoms with Gasteiger partial charge in [0, 0.05) is 66.0 Å². The van der Waals surface area contributed by atoms with E-state index in [0.29, 0.717) is 37.7 Å². The van der Waals surface area contributed by atoms with E-state index < -0.39 is 27.3 Å². The molecule has 2 aromatic carbocycles. The zero-order valence-electron chi connectivity index (χ0n) is 41.5. The quantitative estimate of drug-likeness (QED) is 0.0726. The third kappa shape index (κ3) is 11.7. The number of likely N-dealkylation sites (tertiary alicyclic amines) is 2. The molecule has 16 nitrogen and oxygen atoms in total. The summed E-state index contributed by atoms with van der Waals surface area (Å²) in [7, 11) is -2.72. The van der Waals surface area contributed by atoms with Gasteiger partial charge in [0.05, 0.1) is 0 Å². The molecule has 7 rings (SSSR count). The summed E-state index contributed by atoms with van der Waals surface area (Å²) < 4.78 is 28.5. The van der Waals surface area contributed by atoms with E-state index in [1.165, 1.54) is 0 Å². The molecule has 0 saturated carbocycles. The van der Waals surface area contributed by atoms with Crippen LogP contribution in [0.4, 0.5) is 21.0 Å². The summed E-state index contributed by atoms with van der Waals surface area (Å²) in [6, 6.07) is 13.0. The molecule has 18 heteroatoms. The van der Waals surface area contributed by atoms with Gasteiger partial charge in [-0.05, 0) is 104 Å². The standard InChI is InChI=1S/C48H72N8O8Si2/c1-47(2,3)63-45(59)51-21-13-15-37(51)43-49-35-19-17-33(27-39(35)55(43)31-61-23-25-65(7,8)9)53-29-42(58)54(30-41(53)57)34-18-20-36-40(28-34)56(32-62-24-26-66(10,11)12)44(50-36)38-16-14-22-52(38)46(60)64-48(4,5)6/h17-20,27-28,37-38H,13-16,21-26,29-32H2,1-12H3/p+2/t37-,38-/m0/s1. The number of nitrogens with zero attached hydrogens (tertiary/aromatic N) is 6. The van der Waals surface area contributed by atoms with E-state index in [-0.39, 0.29) is 62.6 Å². The molecule has 0 bridgehead atoms. The van der Waals surface area contributed by atoms with Gasteiger partial charge in [-0.2, -0.15) is 0 Å². The minimum atomic E-state index is -1.36. The summed E-state index contributed by atoms with van der Waals surface area (Å²) >= 11 is 0. The number of H-pyrrole nitrogens is 2. The molecule has 0 aliphatic carbocycles. The van der Waals surface area contributed by atoms with Crippen molar-refractivity contribution in [2.45, 2.75) is 155 Å². The zero-order valence-corrected chi connectivity index (χ0v) is 43.5. The van der Waals surface area contributed by atoms with Crippen LogP contribution in [0.1, 0.15) is 91.0 Å². The summed E-state index contributed by atoms with van der Waals surface area (Å²) in [5.41, 5.74) is 3.23. The number of anilines is 2. The maximum atomic E-state index is 14.2. The molecule has 3 aliphatic heterocycles. The van der Waals surface area contributed by atoms with Gasteiger partial charge in [-0.1, -0.05) is 39.3 Å². The average molecular weight is 947 g/mol. The number of rotatable bonds is 14. The molecular weight excluding hydrogens is 873 g/mol. The average Bonchev–Trinajstić information content (AvgIpc) is 4.01. The first kappa shape index (κ1) is 49.1. The van der Waals surface area contributed by atoms with Gasteiger partial charge in [0.25, 0.3) is 11.6 Å². The predicted molar refractivity (Wildman–Crippen MR) is 260 cm³/mol. The lowest BCUT2D eigenvalue weighted by Gasteiger charge is -2.33. The van der Waals surface area contributed by atoms with Crippen LogP contribution >= 0.6 is 0 Å². The fourth-order valence-corrected chi connectivity index (χ4v) is 10.4. The van der Waals surface area contributed by atoms with Crippen LogP contribution in [0.3, 0.4) is 0 Å². The number of hydrogen-bond acceptors (Lipinski definition) is 8. The Morgan fingerprint density at radius 3 is 1.36 bits per heavy atom. The Kier molecular flexibility index (Phi) is 14.2. The molecule has 4 amide bonds. The number of aromatic nitrogens is 4. The van der Waals surface area contributed by atoms with Gasteiger partial charge in [-0.3, -0.25) is 19.4 Å². The molecule has 2 N–H and O–H groups in total. The third-order valence-electron chi connectivity index (χ3n) is 12.3. The number of ether oxygens (including phenoxy) is 4. The molecule has 2 atom stereocenters. The Balaban J connectivity index is 1.16. The molecule has 0 radical (unpaired) electrons. The number of imidazole rings is 2. The Bertz CT molecular complexity index is 2270. The van der Waals surface area contributed by atoms with Crippen LogP contribution in [0.2, 0.25) is 51.4 Å². The van der Waals surface area contributed by atoms with Crippen LogP contribution in [-0.2, 0) is 42.0 Å². The molecular formula is C48H74N8O8Si2+2. The van der Waals surface area contributed by atoms with Crippen LogP contribution in [-0.4, -0.2) is 111 Å². The number of aromatic amines is 2. The summed E-state index contributed by atoms with van der Waals surface area (Å²) in [4.78, 5) is 69.2. The molecule has 4 aromatic rings. The smallest absolute Gasteiger partial charge is 0.411 e. The van der Waals surface area contributed by atoms with Gasteiger partial charge in [-0.15, -0.1) is 0 Å². The first-order chi connectivity index (χ1) is 30.9. The maximum absolute atomic E-state index is 14.2. The lowest BCUT2D eigenvalue weighted by Crippen LogP contribution is -2.54. The van der Waals surface area contributed by atoms with Crippen LogP contribution in [0, 0.1) is 0 Å². The number of benzene rings is 2. The Morgan fingerprint density at radius 1 is 0.636 bits per heavy atom. The maximum Gasteiger partial charge on any atom is 0.411 e. The van der Waals surface area contributed by atoms with Crippen molar-refractivity contribution in [2.24, 2.45) is 0 Å². The highest BCUT2D eigenvalue weighted by Gasteiger charge is 2.42. The molecule has 5 heterocycles. The molecule has 360 valence electrons. The highest BCUT2D eigenvalue weighted by atomic mass is 28.3. The van der Waals surface area contributed by atoms with Crippen molar-refractivity contribution in [3.8, 4) is 0 Å². The largest absolute Gasteiger partial charge is 0.444 e. The molecule has 3 aliphatic rings. The fourth-order valence-electron chi connectivity index (χ4n) is 8.85. The molecule has 66 heavy (non-hydrogen) atoms. The molecule has 3 fully saturated rings. The molecule has 0 unspecified atom stereocenters. The van der Waals surface area contributed by atoms with Crippen molar-refractivity contribution in [2.75, 3.05) is 49.2 Å². The van der Waals surface area contributed by atoms with Crippen molar-refractivity contribution in [1.29, 1.82) is 0 Å². The van der Waals surface area contributed by atoms with Gasteiger partial charge in [0.2, 0.25) is 11.8 Å². The Hall–Kier alpha value is -4.79. The van der Waals surface area contributed by atoms with E-state index in [1.54, 1.807) is 19.6 Å². The van der Waals surface area contributed by atoms with E-state index in [2.05, 4.69) is 58.4 Å². The van der Waals surface area contributed by atoms with E-state index in [1.807, 2.05) is 77.9 Å². The molecule has 0 spiro atoms. The van der Waals surface area contributed by atoms with Gasteiger partial charge < -0.3 is 28.7 Å². The number of nitrogens with one attached hydrogen (secondary N) is 2. The van der Waals surface area contributed by atoms with Crippen molar-refractivity contribution < 1.29 is 47.3 Å². The van der Waals surface area contributed by atoms with E-state index in [4.69, 9.17) is 18.9 Å². The van der Waals surface area contributed by atoms with Gasteiger partial charge in [0.1, 0.15) is 36.4 Å². The molecule has 2 aromatic heterocycles. The number of carbonyl (C=O) groups is 4. The lowest BCUT2D eigenvalue weighted by molar-refractivity contribution is -0.717. The van der Waals surface area contributed by atoms with E-state index in [9.17, 15) is 19.2 Å². The highest BCUT2D eigenvalue weighted by Crippen LogP contribution is 2.35. The predicted octanol–water partition coefficient (Wildman–Crippen LogP) is 8.37. The second kappa shape index (κ2) is 19.1. The van der Waals surface area contributed by atoms with Crippen molar-refractivity contribution in [3.05, 3.63) is 48.0 Å². The number of carbonyl (C=O) groups excluding carboxylic acids is 4. The Labute approximate surface area is 391 Å². The third-order valence-corrected chi connectivity index (χ3v) is 15.7. The summed E-state index contributed by atoms with van der Waals surface area (Å²) in [5, 5.41) is 0. The van der Waals surface area contributed by atoms with Crippen LogP contribution in [0.15, 0.2) is 36.4 Å².